The Hall–Kier alpha value is -0.770. The smallest absolute Gasteiger partial charge is 0.312 e. The summed E-state index contributed by atoms with van der Waals surface area (Å²) >= 11 is 3.32. The molecule has 3 nitrogen and oxygen atoms in total. The molecule has 12 heavy (non-hydrogen) atoms. The first-order valence-electron chi connectivity index (χ1n) is 3.77. The van der Waals surface area contributed by atoms with Gasteiger partial charge in [-0.1, -0.05) is 0 Å². The van der Waals surface area contributed by atoms with Gasteiger partial charge in [0.15, 0.2) is 0 Å². The van der Waals surface area contributed by atoms with E-state index in [1.54, 1.807) is 0 Å². The van der Waals surface area contributed by atoms with Gasteiger partial charge in [0.2, 0.25) is 0 Å². The summed E-state index contributed by atoms with van der Waals surface area (Å²) in [4.78, 5) is 10.7. The van der Waals surface area contributed by atoms with Crippen molar-refractivity contribution in [2.45, 2.75) is 18.9 Å². The molecule has 64 valence electrons. The molecule has 2 heterocycles. The lowest BCUT2D eigenvalue weighted by Gasteiger charge is -2.00. The molecule has 0 spiro atoms. The lowest BCUT2D eigenvalue weighted by Crippen LogP contribution is -2.07. The zero-order valence-corrected chi connectivity index (χ0v) is 7.91. The maximum atomic E-state index is 10.7. The maximum Gasteiger partial charge on any atom is 0.312 e. The van der Waals surface area contributed by atoms with Gasteiger partial charge in [0, 0.05) is 22.9 Å². The third-order valence-corrected chi connectivity index (χ3v) is 2.64. The SMILES string of the molecule is O=C(O)C1CCn2cc(Br)cc21. The van der Waals surface area contributed by atoms with Gasteiger partial charge >= 0.3 is 5.97 Å². The number of carbonyl (C=O) groups is 1. The van der Waals surface area contributed by atoms with Crippen LogP contribution in [0.2, 0.25) is 0 Å². The Balaban J connectivity index is 2.41. The second-order valence-electron chi connectivity index (χ2n) is 2.96. The van der Waals surface area contributed by atoms with Crippen LogP contribution in [-0.4, -0.2) is 15.6 Å². The molecule has 4 heteroatoms. The molecular formula is C8H8BrNO2. The number of carboxylic acids is 1. The summed E-state index contributed by atoms with van der Waals surface area (Å²) in [5.41, 5.74) is 0.911. The van der Waals surface area contributed by atoms with Crippen LogP contribution in [0.1, 0.15) is 18.0 Å². The largest absolute Gasteiger partial charge is 0.481 e. The van der Waals surface area contributed by atoms with E-state index >= 15 is 0 Å². The lowest BCUT2D eigenvalue weighted by atomic mass is 10.1. The zero-order valence-electron chi connectivity index (χ0n) is 6.33. The highest BCUT2D eigenvalue weighted by atomic mass is 79.9. The number of carboxylic acid groups (broad SMARTS) is 1. The van der Waals surface area contributed by atoms with Crippen LogP contribution in [0.15, 0.2) is 16.7 Å². The van der Waals surface area contributed by atoms with E-state index in [9.17, 15) is 4.79 Å². The summed E-state index contributed by atoms with van der Waals surface area (Å²) in [5.74, 6) is -1.03. The van der Waals surface area contributed by atoms with Crippen LogP contribution in [0.25, 0.3) is 0 Å². The fourth-order valence-corrected chi connectivity index (χ4v) is 2.13. The van der Waals surface area contributed by atoms with Crippen molar-refractivity contribution >= 4 is 21.9 Å². The number of aryl methyl sites for hydroxylation is 1. The minimum Gasteiger partial charge on any atom is -0.481 e. The second kappa shape index (κ2) is 2.62. The van der Waals surface area contributed by atoms with Crippen LogP contribution in [0.4, 0.5) is 0 Å². The molecular weight excluding hydrogens is 222 g/mol. The van der Waals surface area contributed by atoms with E-state index < -0.39 is 5.97 Å². The number of aliphatic carboxylic acids is 1. The van der Waals surface area contributed by atoms with Gasteiger partial charge in [-0.25, -0.2) is 0 Å². The van der Waals surface area contributed by atoms with Gasteiger partial charge in [0.1, 0.15) is 0 Å². The molecule has 0 saturated heterocycles. The van der Waals surface area contributed by atoms with Crippen LogP contribution in [-0.2, 0) is 11.3 Å². The summed E-state index contributed by atoms with van der Waals surface area (Å²) < 4.78 is 2.95. The van der Waals surface area contributed by atoms with Gasteiger partial charge in [-0.2, -0.15) is 0 Å². The predicted molar refractivity (Wildman–Crippen MR) is 47.1 cm³/mol. The highest BCUT2D eigenvalue weighted by molar-refractivity contribution is 9.10. The van der Waals surface area contributed by atoms with E-state index in [0.717, 1.165) is 23.1 Å². The highest BCUT2D eigenvalue weighted by Gasteiger charge is 2.28. The number of hydrogen-bond donors (Lipinski definition) is 1. The molecule has 0 amide bonds. The van der Waals surface area contributed by atoms with Crippen molar-refractivity contribution in [1.29, 1.82) is 0 Å². The Bertz CT molecular complexity index is 332. The minimum atomic E-state index is -0.723. The van der Waals surface area contributed by atoms with Crippen molar-refractivity contribution in [3.8, 4) is 0 Å². The first-order valence-corrected chi connectivity index (χ1v) is 4.56. The molecule has 1 unspecified atom stereocenters. The van der Waals surface area contributed by atoms with E-state index in [2.05, 4.69) is 15.9 Å². The van der Waals surface area contributed by atoms with Crippen molar-refractivity contribution in [2.75, 3.05) is 0 Å². The number of nitrogens with zero attached hydrogens (tertiary/aromatic N) is 1. The van der Waals surface area contributed by atoms with Gasteiger partial charge in [-0.3, -0.25) is 4.79 Å². The van der Waals surface area contributed by atoms with Crippen molar-refractivity contribution in [1.82, 2.24) is 4.57 Å². The molecule has 1 N–H and O–H groups in total. The van der Waals surface area contributed by atoms with Crippen molar-refractivity contribution in [3.05, 3.63) is 22.4 Å². The van der Waals surface area contributed by atoms with Crippen LogP contribution < -0.4 is 0 Å². The maximum absolute atomic E-state index is 10.7. The molecule has 0 aliphatic carbocycles. The zero-order chi connectivity index (χ0) is 8.72. The number of rotatable bonds is 1. The first-order chi connectivity index (χ1) is 5.68. The number of aromatic nitrogens is 1. The molecule has 0 saturated carbocycles. The minimum absolute atomic E-state index is 0.309. The fourth-order valence-electron chi connectivity index (χ4n) is 1.65. The molecule has 0 fully saturated rings. The monoisotopic (exact) mass is 229 g/mol. The van der Waals surface area contributed by atoms with Crippen LogP contribution in [0.5, 0.6) is 0 Å². The lowest BCUT2D eigenvalue weighted by molar-refractivity contribution is -0.138. The Labute approximate surface area is 78.1 Å². The van der Waals surface area contributed by atoms with E-state index in [0.29, 0.717) is 0 Å². The average Bonchev–Trinajstić information content (AvgIpc) is 2.43. The van der Waals surface area contributed by atoms with E-state index in [1.165, 1.54) is 0 Å². The Kier molecular flexibility index (Phi) is 1.72. The van der Waals surface area contributed by atoms with Gasteiger partial charge in [0.25, 0.3) is 0 Å². The standard InChI is InChI=1S/C8H8BrNO2/c9-5-3-7-6(8(11)12)1-2-10(7)4-5/h3-4,6H,1-2H2,(H,11,12). The van der Waals surface area contributed by atoms with E-state index in [1.807, 2.05) is 16.8 Å². The Morgan fingerprint density at radius 2 is 2.50 bits per heavy atom. The molecule has 1 aromatic heterocycles. The quantitative estimate of drug-likeness (QED) is 0.799. The van der Waals surface area contributed by atoms with Crippen molar-refractivity contribution in [3.63, 3.8) is 0 Å². The molecule has 0 bridgehead atoms. The molecule has 1 atom stereocenters. The average molecular weight is 230 g/mol. The van der Waals surface area contributed by atoms with Crippen LogP contribution in [0.3, 0.4) is 0 Å². The van der Waals surface area contributed by atoms with Gasteiger partial charge in [0.05, 0.1) is 5.92 Å². The molecule has 1 aliphatic heterocycles. The van der Waals surface area contributed by atoms with E-state index in [4.69, 9.17) is 5.11 Å². The first kappa shape index (κ1) is 7.86. The third-order valence-electron chi connectivity index (χ3n) is 2.21. The summed E-state index contributed by atoms with van der Waals surface area (Å²) in [6, 6.07) is 1.88. The summed E-state index contributed by atoms with van der Waals surface area (Å²) in [5, 5.41) is 8.84. The van der Waals surface area contributed by atoms with Crippen LogP contribution >= 0.6 is 15.9 Å². The Morgan fingerprint density at radius 1 is 1.75 bits per heavy atom. The number of fused-ring (bicyclic) bond motifs is 1. The van der Waals surface area contributed by atoms with Crippen molar-refractivity contribution < 1.29 is 9.90 Å². The molecule has 0 aromatic carbocycles. The predicted octanol–water partition coefficient (Wildman–Crippen LogP) is 1.82. The molecule has 1 aliphatic rings. The fraction of sp³-hybridized carbons (Fsp3) is 0.375. The second-order valence-corrected chi connectivity index (χ2v) is 3.87. The number of halogens is 1. The Morgan fingerprint density at radius 3 is 3.17 bits per heavy atom. The molecule has 1 aromatic rings. The molecule has 2 rings (SSSR count). The van der Waals surface area contributed by atoms with Gasteiger partial charge < -0.3 is 9.67 Å². The highest BCUT2D eigenvalue weighted by Crippen LogP contribution is 2.31. The number of hydrogen-bond acceptors (Lipinski definition) is 1. The molecule has 0 radical (unpaired) electrons. The third kappa shape index (κ3) is 1.06. The van der Waals surface area contributed by atoms with E-state index in [-0.39, 0.29) is 5.92 Å². The summed E-state index contributed by atoms with van der Waals surface area (Å²) in [6.45, 7) is 0.817. The van der Waals surface area contributed by atoms with Crippen molar-refractivity contribution in [2.24, 2.45) is 0 Å². The van der Waals surface area contributed by atoms with Gasteiger partial charge in [-0.15, -0.1) is 0 Å². The summed E-state index contributed by atoms with van der Waals surface area (Å²) in [7, 11) is 0. The van der Waals surface area contributed by atoms with Gasteiger partial charge in [-0.05, 0) is 28.4 Å². The summed E-state index contributed by atoms with van der Waals surface area (Å²) in [6.07, 6.45) is 2.65. The van der Waals surface area contributed by atoms with Crippen LogP contribution in [0, 0.1) is 0 Å². The normalized spacial score (nSPS) is 20.9. The topological polar surface area (TPSA) is 42.2 Å².